The lowest BCUT2D eigenvalue weighted by molar-refractivity contribution is 0.430. The van der Waals surface area contributed by atoms with Crippen molar-refractivity contribution in [3.05, 3.63) is 84.9 Å². The van der Waals surface area contributed by atoms with Crippen LogP contribution in [0, 0.1) is 0 Å². The number of fused-ring (bicyclic) bond motifs is 2. The van der Waals surface area contributed by atoms with Gasteiger partial charge in [-0.25, -0.2) is 15.0 Å². The minimum absolute atomic E-state index is 0.379. The van der Waals surface area contributed by atoms with Crippen molar-refractivity contribution in [3.63, 3.8) is 0 Å². The summed E-state index contributed by atoms with van der Waals surface area (Å²) in [5.41, 5.74) is 7.45. The Bertz CT molecular complexity index is 1360. The van der Waals surface area contributed by atoms with Crippen LogP contribution >= 0.6 is 0 Å². The molecule has 5 heterocycles. The third-order valence-corrected chi connectivity index (χ3v) is 5.99. The summed E-state index contributed by atoms with van der Waals surface area (Å²) < 4.78 is 2.12. The van der Waals surface area contributed by atoms with Crippen molar-refractivity contribution in [1.29, 1.82) is 0 Å². The molecule has 2 N–H and O–H groups in total. The van der Waals surface area contributed by atoms with Crippen molar-refractivity contribution < 1.29 is 0 Å². The summed E-state index contributed by atoms with van der Waals surface area (Å²) in [6.45, 7) is 3.02. The Morgan fingerprint density at radius 1 is 0.871 bits per heavy atom. The third-order valence-electron chi connectivity index (χ3n) is 5.99. The lowest BCUT2D eigenvalue weighted by Gasteiger charge is -2.25. The van der Waals surface area contributed by atoms with E-state index in [0.717, 1.165) is 53.1 Å². The van der Waals surface area contributed by atoms with Crippen LogP contribution < -0.4 is 10.6 Å². The minimum atomic E-state index is 0.379. The van der Waals surface area contributed by atoms with Crippen molar-refractivity contribution in [2.75, 3.05) is 19.6 Å². The van der Waals surface area contributed by atoms with Gasteiger partial charge in [0.15, 0.2) is 5.65 Å². The predicted molar refractivity (Wildman–Crippen MR) is 123 cm³/mol. The smallest absolute Gasteiger partial charge is 0.159 e. The van der Waals surface area contributed by atoms with E-state index in [0.29, 0.717) is 6.04 Å². The molecule has 6 rings (SSSR count). The number of hydrogen-bond acceptors (Lipinski definition) is 5. The third kappa shape index (κ3) is 3.26. The number of piperazine rings is 1. The molecule has 5 aromatic rings. The molecule has 0 radical (unpaired) electrons. The number of nitrogens with one attached hydrogen (secondary N) is 2. The highest BCUT2D eigenvalue weighted by atomic mass is 15.1. The summed E-state index contributed by atoms with van der Waals surface area (Å²) in [4.78, 5) is 13.4. The monoisotopic (exact) mass is 406 g/mol. The molecule has 31 heavy (non-hydrogen) atoms. The van der Waals surface area contributed by atoms with Crippen molar-refractivity contribution >= 4 is 16.7 Å². The summed E-state index contributed by atoms with van der Waals surface area (Å²) in [5, 5.41) is 8.04. The Labute approximate surface area is 180 Å². The van der Waals surface area contributed by atoms with E-state index in [1.165, 1.54) is 11.1 Å². The zero-order valence-corrected chi connectivity index (χ0v) is 17.0. The molecule has 0 bridgehead atoms. The van der Waals surface area contributed by atoms with Gasteiger partial charge in [-0.1, -0.05) is 24.3 Å². The van der Waals surface area contributed by atoms with Crippen LogP contribution in [-0.2, 0) is 0 Å². The molecule has 6 heteroatoms. The van der Waals surface area contributed by atoms with Gasteiger partial charge >= 0.3 is 0 Å². The predicted octanol–water partition coefficient (Wildman–Crippen LogP) is 3.85. The first-order valence-electron chi connectivity index (χ1n) is 10.6. The van der Waals surface area contributed by atoms with Crippen LogP contribution in [0.25, 0.3) is 39.1 Å². The number of benzene rings is 1. The molecule has 1 fully saturated rings. The average molecular weight is 406 g/mol. The topological polar surface area (TPSA) is 67.1 Å². The Morgan fingerprint density at radius 2 is 1.77 bits per heavy atom. The van der Waals surface area contributed by atoms with Gasteiger partial charge in [-0.15, -0.1) is 0 Å². The molecule has 1 aliphatic heterocycles. The maximum atomic E-state index is 4.68. The van der Waals surface area contributed by atoms with Crippen LogP contribution in [0.15, 0.2) is 79.4 Å². The Kier molecular flexibility index (Phi) is 4.44. The van der Waals surface area contributed by atoms with E-state index in [2.05, 4.69) is 78.6 Å². The van der Waals surface area contributed by atoms with Gasteiger partial charge in [0.25, 0.3) is 0 Å². The van der Waals surface area contributed by atoms with Crippen molar-refractivity contribution in [1.82, 2.24) is 30.0 Å². The lowest BCUT2D eigenvalue weighted by atomic mass is 10.0. The molecule has 1 saturated heterocycles. The fraction of sp³-hybridized carbons (Fsp3) is 0.160. The van der Waals surface area contributed by atoms with Gasteiger partial charge in [-0.05, 0) is 47.0 Å². The summed E-state index contributed by atoms with van der Waals surface area (Å²) in [6, 6.07) is 19.5. The molecule has 6 nitrogen and oxygen atoms in total. The highest BCUT2D eigenvalue weighted by Gasteiger charge is 2.14. The second kappa shape index (κ2) is 7.58. The molecule has 1 aliphatic rings. The number of imidazole rings is 1. The van der Waals surface area contributed by atoms with Gasteiger partial charge in [-0.3, -0.25) is 4.40 Å². The van der Waals surface area contributed by atoms with E-state index in [1.54, 1.807) is 12.4 Å². The highest BCUT2D eigenvalue weighted by molar-refractivity contribution is 5.91. The lowest BCUT2D eigenvalue weighted by Crippen LogP contribution is -2.42. The first-order valence-corrected chi connectivity index (χ1v) is 10.6. The van der Waals surface area contributed by atoms with Gasteiger partial charge in [0.2, 0.25) is 0 Å². The Balaban J connectivity index is 1.36. The molecule has 1 unspecified atom stereocenters. The molecule has 4 aromatic heterocycles. The SMILES string of the molecule is c1cnc2nccc(-c3cnc4cc(-c5ccc(C6CNCCN6)cc5)ccn34)c2c1. The normalized spacial score (nSPS) is 16.7. The van der Waals surface area contributed by atoms with E-state index in [9.17, 15) is 0 Å². The second-order valence-electron chi connectivity index (χ2n) is 7.85. The second-order valence-corrected chi connectivity index (χ2v) is 7.85. The molecular formula is C25H22N6. The van der Waals surface area contributed by atoms with Gasteiger partial charge < -0.3 is 10.6 Å². The van der Waals surface area contributed by atoms with Crippen LogP contribution in [-0.4, -0.2) is 39.0 Å². The maximum absolute atomic E-state index is 4.68. The quantitative estimate of drug-likeness (QED) is 0.476. The molecule has 0 aliphatic carbocycles. The molecule has 0 spiro atoms. The van der Waals surface area contributed by atoms with Crippen LogP contribution in [0.4, 0.5) is 0 Å². The van der Waals surface area contributed by atoms with E-state index in [4.69, 9.17) is 0 Å². The number of aromatic nitrogens is 4. The zero-order chi connectivity index (χ0) is 20.6. The van der Waals surface area contributed by atoms with Crippen molar-refractivity contribution in [3.8, 4) is 22.4 Å². The summed E-state index contributed by atoms with van der Waals surface area (Å²) in [6.07, 6.45) is 7.59. The van der Waals surface area contributed by atoms with Crippen molar-refractivity contribution in [2.24, 2.45) is 0 Å². The maximum Gasteiger partial charge on any atom is 0.159 e. The average Bonchev–Trinajstić information content (AvgIpc) is 3.27. The van der Waals surface area contributed by atoms with Gasteiger partial charge in [-0.2, -0.15) is 0 Å². The first-order chi connectivity index (χ1) is 15.4. The van der Waals surface area contributed by atoms with E-state index in [-0.39, 0.29) is 0 Å². The zero-order valence-electron chi connectivity index (χ0n) is 17.0. The van der Waals surface area contributed by atoms with Gasteiger partial charge in [0.1, 0.15) is 5.65 Å². The van der Waals surface area contributed by atoms with Crippen molar-refractivity contribution in [2.45, 2.75) is 6.04 Å². The Morgan fingerprint density at radius 3 is 2.65 bits per heavy atom. The highest BCUT2D eigenvalue weighted by Crippen LogP contribution is 2.29. The summed E-state index contributed by atoms with van der Waals surface area (Å²) in [7, 11) is 0. The molecule has 1 atom stereocenters. The molecule has 1 aromatic carbocycles. The number of pyridine rings is 3. The number of hydrogen-bond donors (Lipinski definition) is 2. The fourth-order valence-electron chi connectivity index (χ4n) is 4.36. The molecule has 0 amide bonds. The molecule has 0 saturated carbocycles. The van der Waals surface area contributed by atoms with Crippen LogP contribution in [0.1, 0.15) is 11.6 Å². The van der Waals surface area contributed by atoms with Crippen LogP contribution in [0.2, 0.25) is 0 Å². The first kappa shape index (κ1) is 18.2. The summed E-state index contributed by atoms with van der Waals surface area (Å²) >= 11 is 0. The largest absolute Gasteiger partial charge is 0.314 e. The van der Waals surface area contributed by atoms with E-state index < -0.39 is 0 Å². The van der Waals surface area contributed by atoms with Crippen LogP contribution in [0.5, 0.6) is 0 Å². The van der Waals surface area contributed by atoms with Gasteiger partial charge in [0, 0.05) is 55.2 Å². The standard InChI is InChI=1S/C25H22N6/c1-2-21-20(7-10-29-25(21)28-9-1)23-16-30-24-14-19(8-13-31(23)24)17-3-5-18(6-4-17)22-15-26-11-12-27-22/h1-10,13-14,16,22,26-27H,11-12,15H2. The number of rotatable bonds is 3. The molecule has 152 valence electrons. The minimum Gasteiger partial charge on any atom is -0.314 e. The van der Waals surface area contributed by atoms with Gasteiger partial charge in [0.05, 0.1) is 11.9 Å². The van der Waals surface area contributed by atoms with Crippen LogP contribution in [0.3, 0.4) is 0 Å². The van der Waals surface area contributed by atoms with E-state index in [1.807, 2.05) is 18.3 Å². The summed E-state index contributed by atoms with van der Waals surface area (Å²) in [5.74, 6) is 0. The fourth-order valence-corrected chi connectivity index (χ4v) is 4.36. The van der Waals surface area contributed by atoms with E-state index >= 15 is 0 Å². The number of nitrogens with zero attached hydrogens (tertiary/aromatic N) is 4. The Hall–Kier alpha value is -3.61. The molecular weight excluding hydrogens is 384 g/mol.